The van der Waals surface area contributed by atoms with Gasteiger partial charge in [0.25, 0.3) is 0 Å². The van der Waals surface area contributed by atoms with Crippen LogP contribution >= 0.6 is 0 Å². The third kappa shape index (κ3) is 3.16. The van der Waals surface area contributed by atoms with Crippen molar-refractivity contribution in [2.75, 3.05) is 25.5 Å². The summed E-state index contributed by atoms with van der Waals surface area (Å²) in [5.74, 6) is 0. The first kappa shape index (κ1) is 11.3. The molecule has 0 bridgehead atoms. The maximum atomic E-state index is 9.78. The number of pyridine rings is 1. The molecule has 5 heteroatoms. The Morgan fingerprint density at radius 2 is 2.50 bits per heavy atom. The summed E-state index contributed by atoms with van der Waals surface area (Å²) in [6.07, 6.45) is 3.74. The van der Waals surface area contributed by atoms with Gasteiger partial charge in [0.2, 0.25) is 0 Å². The number of aliphatic hydroxyl groups excluding tert-OH is 1. The minimum atomic E-state index is -0.722. The molecule has 5 nitrogen and oxygen atoms in total. The molecule has 3 N–H and O–H groups in total. The summed E-state index contributed by atoms with van der Waals surface area (Å²) < 4.78 is 0. The van der Waals surface area contributed by atoms with E-state index in [0.717, 1.165) is 25.2 Å². The number of hydrogen-bond donors (Lipinski definition) is 3. The Labute approximate surface area is 95.5 Å². The zero-order valence-electron chi connectivity index (χ0n) is 9.43. The smallest absolute Gasteiger partial charge is 0.181 e. The Kier molecular flexibility index (Phi) is 3.71. The van der Waals surface area contributed by atoms with Crippen molar-refractivity contribution in [1.29, 1.82) is 0 Å². The molecule has 1 saturated heterocycles. The molecule has 0 radical (unpaired) electrons. The zero-order valence-corrected chi connectivity index (χ0v) is 9.43. The Bertz CT molecular complexity index is 319. The van der Waals surface area contributed by atoms with E-state index in [9.17, 15) is 5.11 Å². The molecule has 1 fully saturated rings. The average molecular weight is 222 g/mol. The molecule has 1 aromatic rings. The number of anilines is 1. The highest BCUT2D eigenvalue weighted by molar-refractivity contribution is 5.39. The third-order valence-corrected chi connectivity index (χ3v) is 2.75. The van der Waals surface area contributed by atoms with Crippen LogP contribution in [-0.2, 0) is 0 Å². The van der Waals surface area contributed by atoms with E-state index in [2.05, 4.69) is 27.6 Å². The summed E-state index contributed by atoms with van der Waals surface area (Å²) >= 11 is 0. The lowest BCUT2D eigenvalue weighted by molar-refractivity contribution is 0.149. The van der Waals surface area contributed by atoms with Gasteiger partial charge in [0.15, 0.2) is 6.35 Å². The van der Waals surface area contributed by atoms with E-state index in [-0.39, 0.29) is 0 Å². The van der Waals surface area contributed by atoms with Crippen LogP contribution < -0.4 is 10.6 Å². The second-order valence-electron chi connectivity index (χ2n) is 4.20. The van der Waals surface area contributed by atoms with Crippen molar-refractivity contribution in [3.8, 4) is 0 Å². The molecule has 88 valence electrons. The average Bonchev–Trinajstić information content (AvgIpc) is 2.65. The van der Waals surface area contributed by atoms with Crippen LogP contribution in [0.2, 0.25) is 0 Å². The Hall–Kier alpha value is -1.17. The summed E-state index contributed by atoms with van der Waals surface area (Å²) in [6.45, 7) is 2.06. The lowest BCUT2D eigenvalue weighted by Gasteiger charge is -2.20. The first-order valence-corrected chi connectivity index (χ1v) is 5.53. The quantitative estimate of drug-likeness (QED) is 0.629. The van der Waals surface area contributed by atoms with Crippen LogP contribution in [0, 0.1) is 0 Å². The van der Waals surface area contributed by atoms with Crippen molar-refractivity contribution in [2.24, 2.45) is 0 Å². The number of aliphatic hydroxyl groups is 1. The number of hydrogen-bond acceptors (Lipinski definition) is 5. The van der Waals surface area contributed by atoms with Gasteiger partial charge in [0.05, 0.1) is 11.9 Å². The zero-order chi connectivity index (χ0) is 11.4. The van der Waals surface area contributed by atoms with Gasteiger partial charge in [0.1, 0.15) is 0 Å². The number of aromatic nitrogens is 1. The molecular weight excluding hydrogens is 204 g/mol. The van der Waals surface area contributed by atoms with Gasteiger partial charge in [0, 0.05) is 18.8 Å². The molecular formula is C11H18N4O. The third-order valence-electron chi connectivity index (χ3n) is 2.75. The van der Waals surface area contributed by atoms with Gasteiger partial charge in [-0.15, -0.1) is 0 Å². The van der Waals surface area contributed by atoms with Gasteiger partial charge < -0.3 is 15.3 Å². The minimum Gasteiger partial charge on any atom is -0.361 e. The molecule has 0 aromatic carbocycles. The van der Waals surface area contributed by atoms with Crippen LogP contribution in [0.1, 0.15) is 6.42 Å². The van der Waals surface area contributed by atoms with Crippen LogP contribution in [0.4, 0.5) is 5.69 Å². The van der Waals surface area contributed by atoms with Crippen LogP contribution in [0.3, 0.4) is 0 Å². The Balaban J connectivity index is 1.78. The van der Waals surface area contributed by atoms with Gasteiger partial charge in [-0.3, -0.25) is 10.3 Å². The molecule has 1 aliphatic heterocycles. The molecule has 0 saturated carbocycles. The van der Waals surface area contributed by atoms with E-state index in [4.69, 9.17) is 0 Å². The molecule has 16 heavy (non-hydrogen) atoms. The molecule has 1 aromatic heterocycles. The lowest BCUT2D eigenvalue weighted by Crippen LogP contribution is -2.44. The van der Waals surface area contributed by atoms with Gasteiger partial charge in [-0.1, -0.05) is 0 Å². The fraction of sp³-hybridized carbons (Fsp3) is 0.545. The molecule has 0 spiro atoms. The van der Waals surface area contributed by atoms with Gasteiger partial charge >= 0.3 is 0 Å². The van der Waals surface area contributed by atoms with Gasteiger partial charge in [-0.2, -0.15) is 0 Å². The number of nitrogens with zero attached hydrogens (tertiary/aromatic N) is 2. The molecule has 1 aliphatic rings. The van der Waals surface area contributed by atoms with E-state index in [1.54, 1.807) is 12.4 Å². The molecule has 2 heterocycles. The molecule has 1 unspecified atom stereocenters. The van der Waals surface area contributed by atoms with Gasteiger partial charge in [-0.25, -0.2) is 0 Å². The highest BCUT2D eigenvalue weighted by atomic mass is 16.3. The van der Waals surface area contributed by atoms with E-state index in [1.165, 1.54) is 0 Å². The summed E-state index contributed by atoms with van der Waals surface area (Å²) in [5.41, 5.74) is 0.814. The standard InChI is InChI=1S/C11H18N4O/c1-15-6-4-10(8-15)14-11(16)13-9-3-2-5-12-7-9/h2-3,5,7,10-11,13-14,16H,4,6,8H2,1H3/t10-,11?/m1/s1. The summed E-state index contributed by atoms with van der Waals surface area (Å²) in [5, 5.41) is 15.9. The van der Waals surface area contributed by atoms with Crippen molar-refractivity contribution < 1.29 is 5.11 Å². The number of rotatable bonds is 4. The minimum absolute atomic E-state index is 0.351. The normalized spacial score (nSPS) is 23.2. The number of likely N-dealkylation sites (N-methyl/N-ethyl adjacent to an activating group) is 1. The van der Waals surface area contributed by atoms with E-state index < -0.39 is 6.35 Å². The fourth-order valence-electron chi connectivity index (χ4n) is 1.94. The maximum absolute atomic E-state index is 9.78. The van der Waals surface area contributed by atoms with Crippen LogP contribution in [0.25, 0.3) is 0 Å². The van der Waals surface area contributed by atoms with E-state index in [1.807, 2.05) is 12.1 Å². The number of nitrogens with one attached hydrogen (secondary N) is 2. The SMILES string of the molecule is CN1CC[C@@H](NC(O)Nc2cccnc2)C1. The lowest BCUT2D eigenvalue weighted by atomic mass is 10.3. The van der Waals surface area contributed by atoms with Crippen molar-refractivity contribution in [2.45, 2.75) is 18.8 Å². The predicted octanol–water partition coefficient (Wildman–Crippen LogP) is 0.0631. The Morgan fingerprint density at radius 1 is 1.62 bits per heavy atom. The highest BCUT2D eigenvalue weighted by Crippen LogP contribution is 2.08. The molecule has 0 amide bonds. The summed E-state index contributed by atoms with van der Waals surface area (Å²) in [7, 11) is 2.09. The summed E-state index contributed by atoms with van der Waals surface area (Å²) in [4.78, 5) is 6.22. The second kappa shape index (κ2) is 5.25. The first-order chi connectivity index (χ1) is 7.74. The van der Waals surface area contributed by atoms with Gasteiger partial charge in [-0.05, 0) is 32.1 Å². The van der Waals surface area contributed by atoms with Crippen molar-refractivity contribution in [3.05, 3.63) is 24.5 Å². The fourth-order valence-corrected chi connectivity index (χ4v) is 1.94. The highest BCUT2D eigenvalue weighted by Gasteiger charge is 2.21. The Morgan fingerprint density at radius 3 is 3.12 bits per heavy atom. The van der Waals surface area contributed by atoms with Crippen LogP contribution in [-0.4, -0.2) is 47.5 Å². The van der Waals surface area contributed by atoms with Crippen molar-refractivity contribution in [1.82, 2.24) is 15.2 Å². The predicted molar refractivity (Wildman–Crippen MR) is 62.9 cm³/mol. The molecule has 2 rings (SSSR count). The van der Waals surface area contributed by atoms with E-state index >= 15 is 0 Å². The monoisotopic (exact) mass is 222 g/mol. The number of likely N-dealkylation sites (tertiary alicyclic amines) is 1. The van der Waals surface area contributed by atoms with E-state index in [0.29, 0.717) is 6.04 Å². The topological polar surface area (TPSA) is 60.4 Å². The molecule has 2 atom stereocenters. The van der Waals surface area contributed by atoms with Crippen molar-refractivity contribution in [3.63, 3.8) is 0 Å². The van der Waals surface area contributed by atoms with Crippen LogP contribution in [0.5, 0.6) is 0 Å². The largest absolute Gasteiger partial charge is 0.361 e. The first-order valence-electron chi connectivity index (χ1n) is 5.53. The summed E-state index contributed by atoms with van der Waals surface area (Å²) in [6, 6.07) is 4.06. The molecule has 0 aliphatic carbocycles. The van der Waals surface area contributed by atoms with Crippen LogP contribution in [0.15, 0.2) is 24.5 Å². The maximum Gasteiger partial charge on any atom is 0.181 e. The van der Waals surface area contributed by atoms with Crippen molar-refractivity contribution >= 4 is 5.69 Å². The second-order valence-corrected chi connectivity index (χ2v) is 4.20.